The van der Waals surface area contributed by atoms with E-state index in [9.17, 15) is 9.59 Å². The average Bonchev–Trinajstić information content (AvgIpc) is 2.78. The molecule has 0 saturated carbocycles. The maximum atomic E-state index is 12.6. The van der Waals surface area contributed by atoms with Gasteiger partial charge in [0.2, 0.25) is 11.1 Å². The lowest BCUT2D eigenvalue weighted by Crippen LogP contribution is -2.24. The molecule has 3 aromatic rings. The van der Waals surface area contributed by atoms with Gasteiger partial charge in [0.05, 0.1) is 24.1 Å². The summed E-state index contributed by atoms with van der Waals surface area (Å²) in [5.74, 6) is -0.479. The van der Waals surface area contributed by atoms with E-state index in [0.29, 0.717) is 23.0 Å². The molecule has 1 heterocycles. The summed E-state index contributed by atoms with van der Waals surface area (Å²) < 4.78 is 5.14. The molecule has 1 aromatic heterocycles. The van der Waals surface area contributed by atoms with Crippen LogP contribution in [-0.2, 0) is 4.79 Å². The normalized spacial score (nSPS) is 11.5. The Labute approximate surface area is 177 Å². The van der Waals surface area contributed by atoms with Crippen LogP contribution >= 0.6 is 11.8 Å². The van der Waals surface area contributed by atoms with Crippen LogP contribution in [0.25, 0.3) is 11.3 Å². The van der Waals surface area contributed by atoms with Gasteiger partial charge in [-0.15, -0.1) is 10.2 Å². The van der Waals surface area contributed by atoms with Crippen LogP contribution in [0.1, 0.15) is 23.7 Å². The second kappa shape index (κ2) is 9.84. The minimum absolute atomic E-state index is 0.158. The number of methoxy groups -OCH3 is 1. The minimum Gasteiger partial charge on any atom is -0.497 e. The van der Waals surface area contributed by atoms with Crippen molar-refractivity contribution < 1.29 is 19.4 Å². The number of nitrogens with one attached hydrogen (secondary N) is 1. The van der Waals surface area contributed by atoms with Crippen molar-refractivity contribution in [3.63, 3.8) is 0 Å². The van der Waals surface area contributed by atoms with E-state index >= 15 is 0 Å². The predicted octanol–water partition coefficient (Wildman–Crippen LogP) is 3.75. The van der Waals surface area contributed by atoms with Crippen LogP contribution in [0.15, 0.2) is 59.9 Å². The first-order chi connectivity index (χ1) is 14.5. The number of carboxylic acid groups (broad SMARTS) is 1. The van der Waals surface area contributed by atoms with Crippen LogP contribution in [0.5, 0.6) is 5.75 Å². The summed E-state index contributed by atoms with van der Waals surface area (Å²) in [6.07, 6.45) is 2.18. The molecule has 1 amide bonds. The highest BCUT2D eigenvalue weighted by atomic mass is 32.2. The number of aromatic nitrogens is 3. The van der Waals surface area contributed by atoms with E-state index in [2.05, 4.69) is 20.5 Å². The van der Waals surface area contributed by atoms with Crippen molar-refractivity contribution in [2.45, 2.75) is 23.8 Å². The second-order valence-corrected chi connectivity index (χ2v) is 7.41. The molecule has 0 radical (unpaired) electrons. The number of hydrogen-bond donors (Lipinski definition) is 2. The van der Waals surface area contributed by atoms with E-state index < -0.39 is 11.2 Å². The fourth-order valence-corrected chi connectivity index (χ4v) is 3.37. The molecule has 30 heavy (non-hydrogen) atoms. The number of carbonyl (C=O) groups excluding carboxylic acids is 1. The van der Waals surface area contributed by atoms with Gasteiger partial charge in [0, 0.05) is 11.3 Å². The van der Waals surface area contributed by atoms with Crippen LogP contribution in [0.3, 0.4) is 0 Å². The number of rotatable bonds is 8. The third kappa shape index (κ3) is 5.32. The highest BCUT2D eigenvalue weighted by Gasteiger charge is 2.20. The first-order valence-electron chi connectivity index (χ1n) is 9.15. The van der Waals surface area contributed by atoms with Gasteiger partial charge >= 0.3 is 5.97 Å². The molecule has 9 heteroatoms. The molecule has 0 bridgehead atoms. The second-order valence-electron chi connectivity index (χ2n) is 6.24. The average molecular weight is 424 g/mol. The summed E-state index contributed by atoms with van der Waals surface area (Å²) in [6, 6.07) is 13.4. The third-order valence-corrected chi connectivity index (χ3v) is 5.47. The molecule has 8 nitrogen and oxygen atoms in total. The lowest BCUT2D eigenvalue weighted by Gasteiger charge is -2.13. The Bertz CT molecular complexity index is 1010. The van der Waals surface area contributed by atoms with Crippen LogP contribution in [-0.4, -0.2) is 44.5 Å². The molecule has 0 aliphatic carbocycles. The van der Waals surface area contributed by atoms with E-state index in [-0.39, 0.29) is 11.5 Å². The molecule has 0 saturated heterocycles. The van der Waals surface area contributed by atoms with Crippen molar-refractivity contribution >= 4 is 29.3 Å². The standard InChI is InChI=1S/C21H20N4O4S/c1-3-18(19(26)23-15-8-4-14(5-9-15)20(27)28)30-21-22-12-17(24-25-21)13-6-10-16(29-2)11-7-13/h4-12,18H,3H2,1-2H3,(H,23,26)(H,27,28). The summed E-state index contributed by atoms with van der Waals surface area (Å²) in [6.45, 7) is 1.89. The molecule has 154 valence electrons. The summed E-state index contributed by atoms with van der Waals surface area (Å²) in [5, 5.41) is 20.0. The number of amides is 1. The van der Waals surface area contributed by atoms with Gasteiger partial charge in [-0.25, -0.2) is 9.78 Å². The number of ether oxygens (including phenoxy) is 1. The zero-order chi connectivity index (χ0) is 21.5. The number of carbonyl (C=O) groups is 2. The fourth-order valence-electron chi connectivity index (χ4n) is 2.58. The first kappa shape index (κ1) is 21.3. The molecule has 2 aromatic carbocycles. The van der Waals surface area contributed by atoms with Gasteiger partial charge in [-0.05, 0) is 55.0 Å². The van der Waals surface area contributed by atoms with Gasteiger partial charge in [-0.2, -0.15) is 0 Å². The van der Waals surface area contributed by atoms with E-state index in [1.165, 1.54) is 23.9 Å². The molecule has 0 fully saturated rings. The number of nitrogens with zero attached hydrogens (tertiary/aromatic N) is 3. The Balaban J connectivity index is 1.64. The van der Waals surface area contributed by atoms with Gasteiger partial charge in [0.1, 0.15) is 11.4 Å². The van der Waals surface area contributed by atoms with Gasteiger partial charge in [-0.1, -0.05) is 18.7 Å². The number of carboxylic acids is 1. The Kier molecular flexibility index (Phi) is 6.97. The van der Waals surface area contributed by atoms with Crippen molar-refractivity contribution in [1.82, 2.24) is 15.2 Å². The summed E-state index contributed by atoms with van der Waals surface area (Å²) >= 11 is 1.22. The quantitative estimate of drug-likeness (QED) is 0.526. The minimum atomic E-state index is -1.02. The van der Waals surface area contributed by atoms with Gasteiger partial charge < -0.3 is 15.2 Å². The number of hydrogen-bond acceptors (Lipinski definition) is 7. The molecule has 3 rings (SSSR count). The van der Waals surface area contributed by atoms with Gasteiger partial charge in [0.15, 0.2) is 0 Å². The molecule has 0 aliphatic heterocycles. The van der Waals surface area contributed by atoms with Crippen LogP contribution in [0.4, 0.5) is 5.69 Å². The molecule has 0 spiro atoms. The zero-order valence-corrected chi connectivity index (χ0v) is 17.2. The number of benzene rings is 2. The van der Waals surface area contributed by atoms with Crippen LogP contribution in [0, 0.1) is 0 Å². The first-order valence-corrected chi connectivity index (χ1v) is 10.0. The highest BCUT2D eigenvalue weighted by molar-refractivity contribution is 8.00. The predicted molar refractivity (Wildman–Crippen MR) is 114 cm³/mol. The largest absolute Gasteiger partial charge is 0.497 e. The molecule has 1 unspecified atom stereocenters. The maximum Gasteiger partial charge on any atom is 0.335 e. The van der Waals surface area contributed by atoms with Crippen molar-refractivity contribution in [3.05, 3.63) is 60.3 Å². The monoisotopic (exact) mass is 424 g/mol. The fraction of sp³-hybridized carbons (Fsp3) is 0.190. The Morgan fingerprint density at radius 3 is 2.33 bits per heavy atom. The van der Waals surface area contributed by atoms with E-state index in [0.717, 1.165) is 11.3 Å². The van der Waals surface area contributed by atoms with Crippen LogP contribution < -0.4 is 10.1 Å². The van der Waals surface area contributed by atoms with Gasteiger partial charge in [0.25, 0.3) is 0 Å². The molecular weight excluding hydrogens is 404 g/mol. The molecule has 1 atom stereocenters. The summed E-state index contributed by atoms with van der Waals surface area (Å²) in [7, 11) is 1.60. The lowest BCUT2D eigenvalue weighted by atomic mass is 10.2. The van der Waals surface area contributed by atoms with Gasteiger partial charge in [-0.3, -0.25) is 4.79 Å². The summed E-state index contributed by atoms with van der Waals surface area (Å²) in [4.78, 5) is 27.8. The van der Waals surface area contributed by atoms with E-state index in [1.54, 1.807) is 25.4 Å². The Morgan fingerprint density at radius 2 is 1.80 bits per heavy atom. The maximum absolute atomic E-state index is 12.6. The Hall–Kier alpha value is -3.46. The van der Waals surface area contributed by atoms with Crippen molar-refractivity contribution in [3.8, 4) is 17.0 Å². The SMILES string of the molecule is CCC(Sc1ncc(-c2ccc(OC)cc2)nn1)C(=O)Nc1ccc(C(=O)O)cc1. The highest BCUT2D eigenvalue weighted by Crippen LogP contribution is 2.25. The van der Waals surface area contributed by atoms with Crippen molar-refractivity contribution in [2.24, 2.45) is 0 Å². The van der Waals surface area contributed by atoms with Crippen LogP contribution in [0.2, 0.25) is 0 Å². The molecular formula is C21H20N4O4S. The van der Waals surface area contributed by atoms with E-state index in [1.807, 2.05) is 31.2 Å². The lowest BCUT2D eigenvalue weighted by molar-refractivity contribution is -0.115. The molecule has 0 aliphatic rings. The topological polar surface area (TPSA) is 114 Å². The smallest absolute Gasteiger partial charge is 0.335 e. The van der Waals surface area contributed by atoms with E-state index in [4.69, 9.17) is 9.84 Å². The number of thioether (sulfide) groups is 1. The van der Waals surface area contributed by atoms with Crippen molar-refractivity contribution in [1.29, 1.82) is 0 Å². The number of anilines is 1. The molecule has 2 N–H and O–H groups in total. The number of aromatic carboxylic acids is 1. The van der Waals surface area contributed by atoms with Crippen molar-refractivity contribution in [2.75, 3.05) is 12.4 Å². The third-order valence-electron chi connectivity index (χ3n) is 4.24. The zero-order valence-electron chi connectivity index (χ0n) is 16.4. The Morgan fingerprint density at radius 1 is 1.10 bits per heavy atom. The summed E-state index contributed by atoms with van der Waals surface area (Å²) in [5.41, 5.74) is 2.17.